The van der Waals surface area contributed by atoms with Crippen LogP contribution in [0.3, 0.4) is 0 Å². The Hall–Kier alpha value is -1.71. The fourth-order valence-corrected chi connectivity index (χ4v) is 7.78. The largest absolute Gasteiger partial charge is 0.423 e. The minimum Gasteiger partial charge on any atom is -0.423 e. The van der Waals surface area contributed by atoms with Crippen LogP contribution in [0.5, 0.6) is 5.75 Å². The second kappa shape index (κ2) is 13.9. The summed E-state index contributed by atoms with van der Waals surface area (Å²) in [6, 6.07) is 2.98. The third kappa shape index (κ3) is 7.24. The first-order valence-corrected chi connectivity index (χ1v) is 15.3. The summed E-state index contributed by atoms with van der Waals surface area (Å²) in [6.45, 7) is 4.19. The molecule has 3 aliphatic rings. The Morgan fingerprint density at radius 3 is 2.49 bits per heavy atom. The van der Waals surface area contributed by atoms with Crippen molar-refractivity contribution in [1.82, 2.24) is 0 Å². The number of benzene rings is 1. The second-order valence-corrected chi connectivity index (χ2v) is 12.2. The van der Waals surface area contributed by atoms with Gasteiger partial charge in [0.1, 0.15) is 0 Å². The molecule has 4 rings (SSSR count). The molecule has 4 heteroatoms. The molecule has 3 aliphatic carbocycles. The number of allylic oxidation sites excluding steroid dienone is 2. The maximum absolute atomic E-state index is 14.7. The lowest BCUT2D eigenvalue weighted by Crippen LogP contribution is -2.40. The monoisotopic (exact) mass is 514 g/mol. The molecule has 0 saturated heterocycles. The SMILES string of the molecule is C/C=C/CCc1ccc(OC(=O)C2CCCC3CC(C4CCC(CCCCC)CC4)CCC32)c(F)c1F. The van der Waals surface area contributed by atoms with Crippen molar-refractivity contribution in [2.24, 2.45) is 35.5 Å². The molecule has 1 aromatic carbocycles. The highest BCUT2D eigenvalue weighted by molar-refractivity contribution is 5.75. The van der Waals surface area contributed by atoms with E-state index in [4.69, 9.17) is 4.74 Å². The fraction of sp³-hybridized carbons (Fsp3) is 0.727. The van der Waals surface area contributed by atoms with E-state index in [1.54, 1.807) is 6.07 Å². The number of hydrogen-bond donors (Lipinski definition) is 0. The average molecular weight is 515 g/mol. The van der Waals surface area contributed by atoms with Gasteiger partial charge in [0.15, 0.2) is 11.6 Å². The molecule has 206 valence electrons. The topological polar surface area (TPSA) is 26.3 Å². The molecule has 4 atom stereocenters. The van der Waals surface area contributed by atoms with Gasteiger partial charge in [0.05, 0.1) is 5.92 Å². The molecule has 0 amide bonds. The van der Waals surface area contributed by atoms with Crippen LogP contribution in [0, 0.1) is 47.1 Å². The number of carbonyl (C=O) groups is 1. The van der Waals surface area contributed by atoms with Gasteiger partial charge in [-0.1, -0.05) is 76.5 Å². The Balaban J connectivity index is 1.30. The molecule has 0 N–H and O–H groups in total. The number of ether oxygens (including phenoxy) is 1. The lowest BCUT2D eigenvalue weighted by atomic mass is 9.59. The number of unbranched alkanes of at least 4 members (excludes halogenated alkanes) is 2. The van der Waals surface area contributed by atoms with Crippen molar-refractivity contribution in [3.05, 3.63) is 41.5 Å². The number of esters is 1. The van der Waals surface area contributed by atoms with E-state index in [0.29, 0.717) is 30.2 Å². The highest BCUT2D eigenvalue weighted by Crippen LogP contribution is 2.50. The van der Waals surface area contributed by atoms with Gasteiger partial charge in [-0.05, 0) is 99.5 Å². The number of halogens is 2. The van der Waals surface area contributed by atoms with E-state index >= 15 is 0 Å². The number of rotatable bonds is 10. The van der Waals surface area contributed by atoms with E-state index < -0.39 is 11.6 Å². The summed E-state index contributed by atoms with van der Waals surface area (Å²) in [4.78, 5) is 13.2. The van der Waals surface area contributed by atoms with Crippen molar-refractivity contribution in [3.8, 4) is 5.75 Å². The molecular weight excluding hydrogens is 466 g/mol. The summed E-state index contributed by atoms with van der Waals surface area (Å²) >= 11 is 0. The quantitative estimate of drug-likeness (QED) is 0.134. The van der Waals surface area contributed by atoms with Gasteiger partial charge in [0.25, 0.3) is 0 Å². The molecule has 0 bridgehead atoms. The number of fused-ring (bicyclic) bond motifs is 1. The van der Waals surface area contributed by atoms with E-state index in [2.05, 4.69) is 6.92 Å². The van der Waals surface area contributed by atoms with Crippen LogP contribution in [0.1, 0.15) is 116 Å². The summed E-state index contributed by atoms with van der Waals surface area (Å²) < 4.78 is 34.8. The lowest BCUT2D eigenvalue weighted by Gasteiger charge is -2.46. The minimum atomic E-state index is -1.03. The van der Waals surface area contributed by atoms with E-state index in [1.165, 1.54) is 76.7 Å². The summed E-state index contributed by atoms with van der Waals surface area (Å²) in [5.74, 6) is 0.771. The van der Waals surface area contributed by atoms with Crippen molar-refractivity contribution in [1.29, 1.82) is 0 Å². The molecule has 37 heavy (non-hydrogen) atoms. The van der Waals surface area contributed by atoms with Crippen LogP contribution in [0.15, 0.2) is 24.3 Å². The summed E-state index contributed by atoms with van der Waals surface area (Å²) in [7, 11) is 0. The summed E-state index contributed by atoms with van der Waals surface area (Å²) in [5, 5.41) is 0. The molecule has 0 aliphatic heterocycles. The standard InChI is InChI=1S/C33H48F2O2/c1-3-5-7-10-23-14-16-24(17-15-23)26-18-20-28-27(22-26)12-9-13-29(28)33(36)37-30-21-19-25(11-8-6-4-2)31(34)32(30)35/h4,6,19,21,23-24,26-29H,3,5,7-18,20,22H2,1-2H3/b6-4+. The van der Waals surface area contributed by atoms with E-state index in [1.807, 2.05) is 19.1 Å². The molecule has 0 radical (unpaired) electrons. The van der Waals surface area contributed by atoms with Crippen LogP contribution in [-0.4, -0.2) is 5.97 Å². The normalized spacial score (nSPS) is 30.3. The Morgan fingerprint density at radius 2 is 1.73 bits per heavy atom. The Kier molecular flexibility index (Phi) is 10.6. The first-order valence-electron chi connectivity index (χ1n) is 15.3. The molecule has 0 aromatic heterocycles. The van der Waals surface area contributed by atoms with Crippen molar-refractivity contribution in [3.63, 3.8) is 0 Å². The second-order valence-electron chi connectivity index (χ2n) is 12.2. The maximum atomic E-state index is 14.7. The highest BCUT2D eigenvalue weighted by atomic mass is 19.2. The predicted molar refractivity (Wildman–Crippen MR) is 146 cm³/mol. The van der Waals surface area contributed by atoms with Crippen LogP contribution in [-0.2, 0) is 11.2 Å². The number of aryl methyl sites for hydroxylation is 1. The van der Waals surface area contributed by atoms with Gasteiger partial charge in [-0.15, -0.1) is 0 Å². The van der Waals surface area contributed by atoms with Gasteiger partial charge in [-0.2, -0.15) is 4.39 Å². The van der Waals surface area contributed by atoms with Crippen LogP contribution in [0.25, 0.3) is 0 Å². The van der Waals surface area contributed by atoms with Gasteiger partial charge in [-0.3, -0.25) is 4.79 Å². The molecule has 3 fully saturated rings. The molecule has 3 saturated carbocycles. The average Bonchev–Trinajstić information content (AvgIpc) is 2.92. The fourth-order valence-electron chi connectivity index (χ4n) is 7.78. The Bertz CT molecular complexity index is 902. The molecular formula is C33H48F2O2. The van der Waals surface area contributed by atoms with Crippen molar-refractivity contribution in [2.75, 3.05) is 0 Å². The summed E-state index contributed by atoms with van der Waals surface area (Å²) in [5.41, 5.74) is 0.321. The molecule has 1 aromatic rings. The van der Waals surface area contributed by atoms with E-state index in [-0.39, 0.29) is 17.6 Å². The van der Waals surface area contributed by atoms with Gasteiger partial charge >= 0.3 is 5.97 Å². The number of hydrogen-bond acceptors (Lipinski definition) is 2. The maximum Gasteiger partial charge on any atom is 0.314 e. The van der Waals surface area contributed by atoms with Crippen molar-refractivity contribution in [2.45, 2.75) is 117 Å². The van der Waals surface area contributed by atoms with E-state index in [9.17, 15) is 13.6 Å². The molecule has 4 unspecified atom stereocenters. The lowest BCUT2D eigenvalue weighted by molar-refractivity contribution is -0.144. The van der Waals surface area contributed by atoms with Gasteiger partial charge in [0, 0.05) is 0 Å². The van der Waals surface area contributed by atoms with Gasteiger partial charge < -0.3 is 4.74 Å². The Labute approximate surface area is 223 Å². The van der Waals surface area contributed by atoms with Crippen LogP contribution >= 0.6 is 0 Å². The summed E-state index contributed by atoms with van der Waals surface area (Å²) in [6.07, 6.45) is 22.5. The Morgan fingerprint density at radius 1 is 0.946 bits per heavy atom. The zero-order chi connectivity index (χ0) is 26.2. The first-order chi connectivity index (χ1) is 18.0. The van der Waals surface area contributed by atoms with Gasteiger partial charge in [0.2, 0.25) is 5.82 Å². The molecule has 0 heterocycles. The van der Waals surface area contributed by atoms with Crippen LogP contribution in [0.2, 0.25) is 0 Å². The van der Waals surface area contributed by atoms with Crippen molar-refractivity contribution >= 4 is 5.97 Å². The van der Waals surface area contributed by atoms with E-state index in [0.717, 1.165) is 37.0 Å². The molecule has 2 nitrogen and oxygen atoms in total. The predicted octanol–water partition coefficient (Wildman–Crippen LogP) is 9.60. The highest BCUT2D eigenvalue weighted by Gasteiger charge is 2.43. The zero-order valence-electron chi connectivity index (χ0n) is 23.2. The minimum absolute atomic E-state index is 0.189. The third-order valence-corrected chi connectivity index (χ3v) is 9.92. The molecule has 0 spiro atoms. The van der Waals surface area contributed by atoms with Gasteiger partial charge in [-0.25, -0.2) is 4.39 Å². The van der Waals surface area contributed by atoms with Crippen LogP contribution in [0.4, 0.5) is 8.78 Å². The van der Waals surface area contributed by atoms with Crippen molar-refractivity contribution < 1.29 is 18.3 Å². The first kappa shape index (κ1) is 28.3. The number of carbonyl (C=O) groups excluding carboxylic acids is 1. The van der Waals surface area contributed by atoms with Crippen LogP contribution < -0.4 is 4.74 Å². The smallest absolute Gasteiger partial charge is 0.314 e. The third-order valence-electron chi connectivity index (χ3n) is 9.92. The zero-order valence-corrected chi connectivity index (χ0v) is 23.2.